The standard InChI is InChI=1S/C16H24N4S/c1-12-19-14(11-21-12)10-20(5)15-7-6-13(8-17-15)9-18-16(2,3)4/h6-8,11,18H,9-10H2,1-5H3. The van der Waals surface area contributed by atoms with E-state index in [0.29, 0.717) is 0 Å². The number of anilines is 1. The van der Waals surface area contributed by atoms with Gasteiger partial charge >= 0.3 is 0 Å². The second-order valence-electron chi connectivity index (χ2n) is 6.34. The SMILES string of the molecule is Cc1nc(CN(C)c2ccc(CNC(C)(C)C)cn2)cs1. The summed E-state index contributed by atoms with van der Waals surface area (Å²) in [5.41, 5.74) is 2.42. The van der Waals surface area contributed by atoms with Crippen LogP contribution < -0.4 is 10.2 Å². The van der Waals surface area contributed by atoms with Crippen LogP contribution in [0.15, 0.2) is 23.7 Å². The van der Waals surface area contributed by atoms with Gasteiger partial charge in [0.1, 0.15) is 5.82 Å². The zero-order valence-corrected chi connectivity index (χ0v) is 14.3. The van der Waals surface area contributed by atoms with E-state index in [1.807, 2.05) is 20.2 Å². The van der Waals surface area contributed by atoms with E-state index in [9.17, 15) is 0 Å². The van der Waals surface area contributed by atoms with Crippen LogP contribution in [0.3, 0.4) is 0 Å². The number of hydrogen-bond acceptors (Lipinski definition) is 5. The Morgan fingerprint density at radius 2 is 2.05 bits per heavy atom. The Labute approximate surface area is 131 Å². The molecule has 2 aromatic heterocycles. The highest BCUT2D eigenvalue weighted by atomic mass is 32.1. The maximum Gasteiger partial charge on any atom is 0.128 e. The quantitative estimate of drug-likeness (QED) is 0.919. The molecule has 0 aliphatic carbocycles. The Morgan fingerprint density at radius 1 is 1.29 bits per heavy atom. The van der Waals surface area contributed by atoms with Crippen LogP contribution in [0.4, 0.5) is 5.82 Å². The Hall–Kier alpha value is -1.46. The van der Waals surface area contributed by atoms with Gasteiger partial charge in [-0.2, -0.15) is 0 Å². The van der Waals surface area contributed by atoms with Crippen LogP contribution >= 0.6 is 11.3 Å². The third-order valence-electron chi connectivity index (χ3n) is 3.09. The maximum atomic E-state index is 4.54. The molecule has 0 fully saturated rings. The van der Waals surface area contributed by atoms with Crippen molar-refractivity contribution in [3.8, 4) is 0 Å². The normalized spacial score (nSPS) is 11.7. The van der Waals surface area contributed by atoms with E-state index in [1.54, 1.807) is 11.3 Å². The smallest absolute Gasteiger partial charge is 0.128 e. The summed E-state index contributed by atoms with van der Waals surface area (Å²) in [5.74, 6) is 0.972. The summed E-state index contributed by atoms with van der Waals surface area (Å²) in [6.07, 6.45) is 1.94. The van der Waals surface area contributed by atoms with Gasteiger partial charge in [-0.25, -0.2) is 9.97 Å². The van der Waals surface area contributed by atoms with Gasteiger partial charge in [-0.1, -0.05) is 6.07 Å². The van der Waals surface area contributed by atoms with E-state index in [1.165, 1.54) is 5.56 Å². The van der Waals surface area contributed by atoms with Crippen molar-refractivity contribution in [1.29, 1.82) is 0 Å². The average molecular weight is 304 g/mol. The molecule has 0 unspecified atom stereocenters. The van der Waals surface area contributed by atoms with E-state index >= 15 is 0 Å². The largest absolute Gasteiger partial charge is 0.354 e. The fourth-order valence-electron chi connectivity index (χ4n) is 1.92. The summed E-state index contributed by atoms with van der Waals surface area (Å²) in [5, 5.41) is 6.68. The fourth-order valence-corrected chi connectivity index (χ4v) is 2.52. The Balaban J connectivity index is 1.94. The lowest BCUT2D eigenvalue weighted by atomic mass is 10.1. The van der Waals surface area contributed by atoms with Crippen LogP contribution in [-0.2, 0) is 13.1 Å². The fraction of sp³-hybridized carbons (Fsp3) is 0.500. The molecule has 0 amide bonds. The summed E-state index contributed by atoms with van der Waals surface area (Å²) in [7, 11) is 2.05. The molecule has 2 aromatic rings. The Kier molecular flexibility index (Phi) is 4.96. The number of pyridine rings is 1. The Morgan fingerprint density at radius 3 is 2.57 bits per heavy atom. The molecule has 0 spiro atoms. The van der Waals surface area contributed by atoms with Gasteiger partial charge in [0.15, 0.2) is 0 Å². The predicted molar refractivity (Wildman–Crippen MR) is 89.8 cm³/mol. The maximum absolute atomic E-state index is 4.54. The number of nitrogens with zero attached hydrogens (tertiary/aromatic N) is 3. The highest BCUT2D eigenvalue weighted by molar-refractivity contribution is 7.09. The second kappa shape index (κ2) is 6.54. The molecule has 0 aliphatic rings. The first-order valence-electron chi connectivity index (χ1n) is 7.15. The number of rotatable bonds is 5. The van der Waals surface area contributed by atoms with Crippen molar-refractivity contribution in [2.45, 2.75) is 46.3 Å². The van der Waals surface area contributed by atoms with Gasteiger partial charge in [0, 0.05) is 30.7 Å². The minimum atomic E-state index is 0.123. The zero-order valence-electron chi connectivity index (χ0n) is 13.5. The van der Waals surface area contributed by atoms with E-state index in [-0.39, 0.29) is 5.54 Å². The van der Waals surface area contributed by atoms with Crippen molar-refractivity contribution in [2.24, 2.45) is 0 Å². The summed E-state index contributed by atoms with van der Waals surface area (Å²) in [6, 6.07) is 4.20. The van der Waals surface area contributed by atoms with Crippen molar-refractivity contribution < 1.29 is 0 Å². The predicted octanol–water partition coefficient (Wildman–Crippen LogP) is 3.37. The van der Waals surface area contributed by atoms with Crippen molar-refractivity contribution in [1.82, 2.24) is 15.3 Å². The molecule has 21 heavy (non-hydrogen) atoms. The first-order chi connectivity index (χ1) is 9.83. The van der Waals surface area contributed by atoms with Crippen LogP contribution in [0.5, 0.6) is 0 Å². The molecule has 5 heteroatoms. The third-order valence-corrected chi connectivity index (χ3v) is 3.91. The van der Waals surface area contributed by atoms with E-state index in [0.717, 1.165) is 29.6 Å². The van der Waals surface area contributed by atoms with E-state index < -0.39 is 0 Å². The molecule has 0 bridgehead atoms. The molecule has 0 aromatic carbocycles. The topological polar surface area (TPSA) is 41.1 Å². The molecular weight excluding hydrogens is 280 g/mol. The Bertz CT molecular complexity index is 569. The monoisotopic (exact) mass is 304 g/mol. The molecule has 0 saturated heterocycles. The van der Waals surface area contributed by atoms with Gasteiger partial charge in [-0.05, 0) is 39.3 Å². The molecule has 114 valence electrons. The van der Waals surface area contributed by atoms with Gasteiger partial charge in [0.05, 0.1) is 17.2 Å². The van der Waals surface area contributed by atoms with E-state index in [2.05, 4.69) is 58.5 Å². The van der Waals surface area contributed by atoms with E-state index in [4.69, 9.17) is 0 Å². The van der Waals surface area contributed by atoms with Crippen LogP contribution in [-0.4, -0.2) is 22.6 Å². The number of thiazole rings is 1. The first kappa shape index (κ1) is 15.9. The lowest BCUT2D eigenvalue weighted by Crippen LogP contribution is -2.35. The zero-order chi connectivity index (χ0) is 15.5. The number of aromatic nitrogens is 2. The van der Waals surface area contributed by atoms with Crippen molar-refractivity contribution in [3.63, 3.8) is 0 Å². The van der Waals surface area contributed by atoms with Crippen LogP contribution in [0.2, 0.25) is 0 Å². The highest BCUT2D eigenvalue weighted by Gasteiger charge is 2.09. The summed E-state index contributed by atoms with van der Waals surface area (Å²) < 4.78 is 0. The molecule has 0 saturated carbocycles. The van der Waals surface area contributed by atoms with Gasteiger partial charge in [-0.3, -0.25) is 0 Å². The van der Waals surface area contributed by atoms with Gasteiger partial charge in [0.25, 0.3) is 0 Å². The molecule has 2 rings (SSSR count). The van der Waals surface area contributed by atoms with Crippen molar-refractivity contribution >= 4 is 17.2 Å². The highest BCUT2D eigenvalue weighted by Crippen LogP contribution is 2.15. The van der Waals surface area contributed by atoms with Crippen LogP contribution in [0, 0.1) is 6.92 Å². The summed E-state index contributed by atoms with van der Waals surface area (Å²) >= 11 is 1.69. The molecule has 1 N–H and O–H groups in total. The van der Waals surface area contributed by atoms with Crippen LogP contribution in [0.25, 0.3) is 0 Å². The molecule has 0 atom stereocenters. The molecule has 0 aliphatic heterocycles. The third kappa shape index (κ3) is 5.10. The molecular formula is C16H24N4S. The lowest BCUT2D eigenvalue weighted by molar-refractivity contribution is 0.424. The number of nitrogens with one attached hydrogen (secondary N) is 1. The second-order valence-corrected chi connectivity index (χ2v) is 7.40. The van der Waals surface area contributed by atoms with Gasteiger partial charge in [0.2, 0.25) is 0 Å². The number of aryl methyl sites for hydroxylation is 1. The number of hydrogen-bond donors (Lipinski definition) is 1. The lowest BCUT2D eigenvalue weighted by Gasteiger charge is -2.21. The van der Waals surface area contributed by atoms with Gasteiger partial charge < -0.3 is 10.2 Å². The minimum absolute atomic E-state index is 0.123. The molecule has 0 radical (unpaired) electrons. The molecule has 2 heterocycles. The van der Waals surface area contributed by atoms with Crippen molar-refractivity contribution in [3.05, 3.63) is 40.0 Å². The first-order valence-corrected chi connectivity index (χ1v) is 8.03. The molecule has 4 nitrogen and oxygen atoms in total. The minimum Gasteiger partial charge on any atom is -0.354 e. The summed E-state index contributed by atoms with van der Waals surface area (Å²) in [4.78, 5) is 11.2. The van der Waals surface area contributed by atoms with Crippen molar-refractivity contribution in [2.75, 3.05) is 11.9 Å². The average Bonchev–Trinajstić information content (AvgIpc) is 2.81. The van der Waals surface area contributed by atoms with Gasteiger partial charge in [-0.15, -0.1) is 11.3 Å². The summed E-state index contributed by atoms with van der Waals surface area (Å²) in [6.45, 7) is 10.2. The van der Waals surface area contributed by atoms with Crippen LogP contribution in [0.1, 0.15) is 37.0 Å².